The Morgan fingerprint density at radius 2 is 1.95 bits per heavy atom. The third-order valence-electron chi connectivity index (χ3n) is 2.39. The first-order chi connectivity index (χ1) is 9.10. The molecule has 19 heavy (non-hydrogen) atoms. The number of benzene rings is 1. The van der Waals surface area contributed by atoms with E-state index in [4.69, 9.17) is 16.3 Å². The van der Waals surface area contributed by atoms with Crippen molar-refractivity contribution in [1.29, 1.82) is 0 Å². The van der Waals surface area contributed by atoms with Crippen molar-refractivity contribution < 1.29 is 13.5 Å². The van der Waals surface area contributed by atoms with Crippen LogP contribution in [0.2, 0.25) is 5.15 Å². The molecule has 0 saturated carbocycles. The summed E-state index contributed by atoms with van der Waals surface area (Å²) in [5.41, 5.74) is 0.856. The summed E-state index contributed by atoms with van der Waals surface area (Å²) in [6.07, 6.45) is 0. The lowest BCUT2D eigenvalue weighted by molar-refractivity contribution is 0.128. The largest absolute Gasteiger partial charge is 0.374 e. The molecule has 0 fully saturated rings. The minimum Gasteiger partial charge on any atom is -0.374 e. The van der Waals surface area contributed by atoms with Crippen LogP contribution in [0.3, 0.4) is 0 Å². The number of ether oxygens (including phenoxy) is 1. The van der Waals surface area contributed by atoms with E-state index in [1.165, 1.54) is 12.1 Å². The zero-order chi connectivity index (χ0) is 13.8. The van der Waals surface area contributed by atoms with Crippen LogP contribution < -0.4 is 0 Å². The van der Waals surface area contributed by atoms with Crippen LogP contribution in [0.5, 0.6) is 0 Å². The normalized spacial score (nSPS) is 10.7. The summed E-state index contributed by atoms with van der Waals surface area (Å²) < 4.78 is 31.3. The summed E-state index contributed by atoms with van der Waals surface area (Å²) in [6, 6.07) is 5.03. The number of hydrogen-bond donors (Lipinski definition) is 0. The van der Waals surface area contributed by atoms with Gasteiger partial charge in [0.05, 0.1) is 5.69 Å². The fourth-order valence-corrected chi connectivity index (χ4v) is 1.73. The van der Waals surface area contributed by atoms with Gasteiger partial charge >= 0.3 is 0 Å². The Labute approximate surface area is 114 Å². The Bertz CT molecular complexity index is 593. The maximum Gasteiger partial charge on any atom is 0.159 e. The zero-order valence-electron chi connectivity index (χ0n) is 10.2. The average molecular weight is 285 g/mol. The van der Waals surface area contributed by atoms with Gasteiger partial charge in [0, 0.05) is 18.2 Å². The summed E-state index contributed by atoms with van der Waals surface area (Å²) in [5, 5.41) is 0.226. The van der Waals surface area contributed by atoms with E-state index in [-0.39, 0.29) is 11.8 Å². The second-order valence-electron chi connectivity index (χ2n) is 3.76. The molecule has 2 aromatic rings. The predicted molar refractivity (Wildman–Crippen MR) is 67.7 cm³/mol. The van der Waals surface area contributed by atoms with E-state index in [0.29, 0.717) is 23.7 Å². The fourth-order valence-electron chi connectivity index (χ4n) is 1.53. The van der Waals surface area contributed by atoms with E-state index >= 15 is 0 Å². The number of aromatic nitrogens is 2. The quantitative estimate of drug-likeness (QED) is 0.805. The van der Waals surface area contributed by atoms with E-state index in [1.807, 2.05) is 6.92 Å². The van der Waals surface area contributed by atoms with Crippen molar-refractivity contribution in [2.45, 2.75) is 13.5 Å². The lowest BCUT2D eigenvalue weighted by Gasteiger charge is -2.06. The monoisotopic (exact) mass is 284 g/mol. The van der Waals surface area contributed by atoms with Crippen molar-refractivity contribution in [1.82, 2.24) is 9.97 Å². The first-order valence-corrected chi connectivity index (χ1v) is 6.04. The van der Waals surface area contributed by atoms with Crippen molar-refractivity contribution >= 4 is 11.6 Å². The number of hydrogen-bond acceptors (Lipinski definition) is 3. The number of rotatable bonds is 4. The maximum atomic E-state index is 13.2. The van der Waals surface area contributed by atoms with Crippen molar-refractivity contribution in [3.05, 3.63) is 46.9 Å². The molecule has 0 bridgehead atoms. The van der Waals surface area contributed by atoms with E-state index < -0.39 is 11.6 Å². The van der Waals surface area contributed by atoms with Gasteiger partial charge in [-0.2, -0.15) is 0 Å². The molecule has 0 N–H and O–H groups in total. The van der Waals surface area contributed by atoms with Crippen molar-refractivity contribution in [3.63, 3.8) is 0 Å². The van der Waals surface area contributed by atoms with E-state index in [2.05, 4.69) is 9.97 Å². The molecule has 0 aliphatic heterocycles. The van der Waals surface area contributed by atoms with Gasteiger partial charge in [0.15, 0.2) is 17.5 Å². The maximum absolute atomic E-state index is 13.2. The van der Waals surface area contributed by atoms with Crippen LogP contribution in [0, 0.1) is 11.6 Å². The molecule has 0 amide bonds. The van der Waals surface area contributed by atoms with Gasteiger partial charge in [0.2, 0.25) is 0 Å². The molecular formula is C13H11ClF2N2O. The molecule has 0 atom stereocenters. The van der Waals surface area contributed by atoms with Crippen LogP contribution in [-0.2, 0) is 11.3 Å². The number of halogens is 3. The molecule has 1 aromatic carbocycles. The molecule has 0 saturated heterocycles. The summed E-state index contributed by atoms with van der Waals surface area (Å²) in [5.74, 6) is -1.44. The summed E-state index contributed by atoms with van der Waals surface area (Å²) in [6.45, 7) is 2.59. The highest BCUT2D eigenvalue weighted by molar-refractivity contribution is 6.29. The SMILES string of the molecule is CCOCc1nc(Cl)cc(-c2ccc(F)c(F)c2)n1. The number of nitrogens with zero attached hydrogens (tertiary/aromatic N) is 2. The average Bonchev–Trinajstić information content (AvgIpc) is 2.39. The van der Waals surface area contributed by atoms with Crippen molar-refractivity contribution in [3.8, 4) is 11.3 Å². The standard InChI is InChI=1S/C13H11ClF2N2O/c1-2-19-7-13-17-11(6-12(14)18-13)8-3-4-9(15)10(16)5-8/h3-6H,2,7H2,1H3. The predicted octanol–water partition coefficient (Wildman–Crippen LogP) is 3.61. The fraction of sp³-hybridized carbons (Fsp3) is 0.231. The van der Waals surface area contributed by atoms with Gasteiger partial charge in [-0.25, -0.2) is 18.7 Å². The van der Waals surface area contributed by atoms with Crippen molar-refractivity contribution in [2.24, 2.45) is 0 Å². The second kappa shape index (κ2) is 6.04. The lowest BCUT2D eigenvalue weighted by atomic mass is 10.1. The van der Waals surface area contributed by atoms with Crippen LogP contribution in [0.15, 0.2) is 24.3 Å². The van der Waals surface area contributed by atoms with Gasteiger partial charge in [-0.1, -0.05) is 11.6 Å². The van der Waals surface area contributed by atoms with Crippen LogP contribution >= 0.6 is 11.6 Å². The topological polar surface area (TPSA) is 35.0 Å². The third kappa shape index (κ3) is 3.45. The van der Waals surface area contributed by atoms with Crippen LogP contribution in [0.1, 0.15) is 12.7 Å². The molecule has 0 spiro atoms. The molecule has 100 valence electrons. The molecule has 2 rings (SSSR count). The van der Waals surface area contributed by atoms with Gasteiger partial charge in [0.25, 0.3) is 0 Å². The van der Waals surface area contributed by atoms with Gasteiger partial charge < -0.3 is 4.74 Å². The summed E-state index contributed by atoms with van der Waals surface area (Å²) in [4.78, 5) is 8.20. The highest BCUT2D eigenvalue weighted by Crippen LogP contribution is 2.22. The van der Waals surface area contributed by atoms with Crippen LogP contribution in [0.4, 0.5) is 8.78 Å². The molecule has 3 nitrogen and oxygen atoms in total. The molecule has 0 aliphatic carbocycles. The molecular weight excluding hydrogens is 274 g/mol. The van der Waals surface area contributed by atoms with Crippen LogP contribution in [0.25, 0.3) is 11.3 Å². The Morgan fingerprint density at radius 3 is 2.63 bits per heavy atom. The molecule has 0 radical (unpaired) electrons. The summed E-state index contributed by atoms with van der Waals surface area (Å²) in [7, 11) is 0. The van der Waals surface area contributed by atoms with Crippen molar-refractivity contribution in [2.75, 3.05) is 6.61 Å². The minimum atomic E-state index is -0.932. The van der Waals surface area contributed by atoms with Gasteiger partial charge in [0.1, 0.15) is 11.8 Å². The third-order valence-corrected chi connectivity index (χ3v) is 2.59. The molecule has 0 unspecified atom stereocenters. The highest BCUT2D eigenvalue weighted by Gasteiger charge is 2.09. The van der Waals surface area contributed by atoms with Gasteiger partial charge in [-0.15, -0.1) is 0 Å². The van der Waals surface area contributed by atoms with Gasteiger partial charge in [-0.05, 0) is 25.1 Å². The Hall–Kier alpha value is -1.59. The molecule has 1 heterocycles. The van der Waals surface area contributed by atoms with Gasteiger partial charge in [-0.3, -0.25) is 0 Å². The Balaban J connectivity index is 2.37. The Morgan fingerprint density at radius 1 is 1.16 bits per heavy atom. The van der Waals surface area contributed by atoms with E-state index in [0.717, 1.165) is 12.1 Å². The molecule has 1 aromatic heterocycles. The minimum absolute atomic E-state index is 0.216. The van der Waals surface area contributed by atoms with Crippen LogP contribution in [-0.4, -0.2) is 16.6 Å². The Kier molecular flexibility index (Phi) is 4.39. The first-order valence-electron chi connectivity index (χ1n) is 5.66. The van der Waals surface area contributed by atoms with E-state index in [1.54, 1.807) is 0 Å². The molecule has 0 aliphatic rings. The highest BCUT2D eigenvalue weighted by atomic mass is 35.5. The first kappa shape index (κ1) is 13.8. The van der Waals surface area contributed by atoms with E-state index in [9.17, 15) is 8.78 Å². The second-order valence-corrected chi connectivity index (χ2v) is 4.15. The molecule has 6 heteroatoms. The smallest absolute Gasteiger partial charge is 0.159 e. The zero-order valence-corrected chi connectivity index (χ0v) is 10.9. The summed E-state index contributed by atoms with van der Waals surface area (Å²) >= 11 is 5.88. The lowest BCUT2D eigenvalue weighted by Crippen LogP contribution is -2.01.